The lowest BCUT2D eigenvalue weighted by atomic mass is 10.2. The number of urea groups is 1. The summed E-state index contributed by atoms with van der Waals surface area (Å²) in [5, 5.41) is 16.5. The van der Waals surface area contributed by atoms with Crippen molar-refractivity contribution < 1.29 is 19.5 Å². The van der Waals surface area contributed by atoms with Crippen molar-refractivity contribution in [3.63, 3.8) is 0 Å². The van der Waals surface area contributed by atoms with Gasteiger partial charge in [-0.25, -0.2) is 9.59 Å². The van der Waals surface area contributed by atoms with Crippen LogP contribution in [0.1, 0.15) is 15.9 Å². The van der Waals surface area contributed by atoms with Gasteiger partial charge in [-0.15, -0.1) is 0 Å². The number of hydrogen-bond donors (Lipinski definition) is 4. The molecule has 27 heavy (non-hydrogen) atoms. The maximum atomic E-state index is 12.3. The highest BCUT2D eigenvalue weighted by Gasteiger charge is 2.24. The van der Waals surface area contributed by atoms with Crippen LogP contribution in [0, 0.1) is 0 Å². The third kappa shape index (κ3) is 6.12. The number of nitrogens with one attached hydrogen (secondary N) is 3. The van der Waals surface area contributed by atoms with Gasteiger partial charge < -0.3 is 21.1 Å². The zero-order valence-corrected chi connectivity index (χ0v) is 15.4. The number of carboxylic acids is 1. The Bertz CT molecular complexity index is 813. The molecule has 0 aliphatic carbocycles. The van der Waals surface area contributed by atoms with Gasteiger partial charge in [0.25, 0.3) is 5.91 Å². The summed E-state index contributed by atoms with van der Waals surface area (Å²) in [7, 11) is 0. The fraction of sp³-hybridized carbons (Fsp3) is 0.176. The zero-order valence-electron chi connectivity index (χ0n) is 13.9. The van der Waals surface area contributed by atoms with E-state index in [0.29, 0.717) is 0 Å². The quantitative estimate of drug-likeness (QED) is 0.556. The fourth-order valence-electron chi connectivity index (χ4n) is 2.09. The first-order chi connectivity index (χ1) is 12.9. The molecule has 8 nitrogen and oxygen atoms in total. The molecule has 0 aliphatic heterocycles. The monoisotopic (exact) mass is 410 g/mol. The minimum absolute atomic E-state index is 0.0160. The summed E-state index contributed by atoms with van der Waals surface area (Å²) in [6, 6.07) is 7.25. The SMILES string of the molecule is O=C(NCc1ccccc1)NCC(NC(=O)c1c(Cl)cncc1Cl)C(=O)O. The van der Waals surface area contributed by atoms with Crippen molar-refractivity contribution in [1.29, 1.82) is 0 Å². The number of aromatic nitrogens is 1. The Morgan fingerprint density at radius 3 is 2.26 bits per heavy atom. The van der Waals surface area contributed by atoms with E-state index in [4.69, 9.17) is 23.2 Å². The topological polar surface area (TPSA) is 120 Å². The zero-order chi connectivity index (χ0) is 19.8. The molecule has 0 spiro atoms. The summed E-state index contributed by atoms with van der Waals surface area (Å²) < 4.78 is 0. The Hall–Kier alpha value is -2.84. The molecule has 0 aliphatic rings. The molecule has 4 N–H and O–H groups in total. The number of halogens is 2. The van der Waals surface area contributed by atoms with Crippen LogP contribution >= 0.6 is 23.2 Å². The maximum absolute atomic E-state index is 12.3. The molecule has 1 atom stereocenters. The lowest BCUT2D eigenvalue weighted by Gasteiger charge is -2.16. The molecule has 0 saturated heterocycles. The first kappa shape index (κ1) is 20.5. The Morgan fingerprint density at radius 2 is 1.67 bits per heavy atom. The van der Waals surface area contributed by atoms with Crippen molar-refractivity contribution in [2.75, 3.05) is 6.54 Å². The van der Waals surface area contributed by atoms with Crippen molar-refractivity contribution >= 4 is 41.1 Å². The Balaban J connectivity index is 1.90. The van der Waals surface area contributed by atoms with Gasteiger partial charge in [-0.2, -0.15) is 0 Å². The van der Waals surface area contributed by atoms with Crippen LogP contribution < -0.4 is 16.0 Å². The molecule has 0 saturated carbocycles. The van der Waals surface area contributed by atoms with E-state index in [2.05, 4.69) is 20.9 Å². The van der Waals surface area contributed by atoms with E-state index in [1.165, 1.54) is 12.4 Å². The number of carbonyl (C=O) groups is 3. The van der Waals surface area contributed by atoms with Crippen LogP contribution in [0.15, 0.2) is 42.7 Å². The molecule has 2 rings (SSSR count). The molecule has 142 valence electrons. The van der Waals surface area contributed by atoms with E-state index in [9.17, 15) is 19.5 Å². The number of carbonyl (C=O) groups excluding carboxylic acids is 2. The second kappa shape index (κ2) is 9.75. The van der Waals surface area contributed by atoms with Gasteiger partial charge in [0.1, 0.15) is 6.04 Å². The first-order valence-corrected chi connectivity index (χ1v) is 8.52. The normalized spacial score (nSPS) is 11.3. The van der Waals surface area contributed by atoms with Gasteiger partial charge in [-0.1, -0.05) is 53.5 Å². The summed E-state index contributed by atoms with van der Waals surface area (Å²) in [5.41, 5.74) is 0.797. The van der Waals surface area contributed by atoms with Crippen LogP contribution in [-0.4, -0.2) is 40.6 Å². The molecule has 1 heterocycles. The highest BCUT2D eigenvalue weighted by molar-refractivity contribution is 6.39. The average molecular weight is 411 g/mol. The van der Waals surface area contributed by atoms with Crippen LogP contribution in [0.4, 0.5) is 4.79 Å². The van der Waals surface area contributed by atoms with Crippen molar-refractivity contribution in [2.24, 2.45) is 0 Å². The second-order valence-electron chi connectivity index (χ2n) is 5.39. The van der Waals surface area contributed by atoms with E-state index in [1.54, 1.807) is 0 Å². The Kier molecular flexibility index (Phi) is 7.39. The number of hydrogen-bond acceptors (Lipinski definition) is 4. The standard InChI is InChI=1S/C17H16Cl2N4O4/c18-11-7-20-8-12(19)14(11)15(24)23-13(16(25)26)9-22-17(27)21-6-10-4-2-1-3-5-10/h1-5,7-8,13H,6,9H2,(H,23,24)(H,25,26)(H2,21,22,27). The molecule has 0 bridgehead atoms. The molecule has 2 aromatic rings. The number of carboxylic acid groups (broad SMARTS) is 1. The van der Waals surface area contributed by atoms with Crippen LogP contribution in [0.2, 0.25) is 10.0 Å². The van der Waals surface area contributed by atoms with Crippen LogP contribution in [-0.2, 0) is 11.3 Å². The number of benzene rings is 1. The van der Waals surface area contributed by atoms with E-state index >= 15 is 0 Å². The average Bonchev–Trinajstić information content (AvgIpc) is 2.63. The van der Waals surface area contributed by atoms with E-state index in [1.807, 2.05) is 30.3 Å². The third-order valence-corrected chi connectivity index (χ3v) is 4.02. The van der Waals surface area contributed by atoms with Crippen LogP contribution in [0.25, 0.3) is 0 Å². The van der Waals surface area contributed by atoms with E-state index < -0.39 is 23.9 Å². The number of aliphatic carboxylic acids is 1. The molecule has 1 unspecified atom stereocenters. The van der Waals surface area contributed by atoms with Crippen molar-refractivity contribution in [3.05, 3.63) is 63.9 Å². The molecule has 0 fully saturated rings. The number of pyridine rings is 1. The van der Waals surface area contributed by atoms with Gasteiger partial charge in [0, 0.05) is 18.9 Å². The number of rotatable bonds is 7. The molecule has 10 heteroatoms. The summed E-state index contributed by atoms with van der Waals surface area (Å²) in [4.78, 5) is 39.2. The van der Waals surface area contributed by atoms with E-state index in [-0.39, 0.29) is 28.7 Å². The Morgan fingerprint density at radius 1 is 1.04 bits per heavy atom. The summed E-state index contributed by atoms with van der Waals surface area (Å²) in [6.45, 7) is -0.0545. The largest absolute Gasteiger partial charge is 0.480 e. The van der Waals surface area contributed by atoms with Crippen LogP contribution in [0.3, 0.4) is 0 Å². The minimum Gasteiger partial charge on any atom is -0.480 e. The predicted molar refractivity (Wildman–Crippen MR) is 99.8 cm³/mol. The van der Waals surface area contributed by atoms with Gasteiger partial charge in [0.15, 0.2) is 0 Å². The maximum Gasteiger partial charge on any atom is 0.328 e. The van der Waals surface area contributed by atoms with Gasteiger partial charge in [0.05, 0.1) is 22.2 Å². The molecule has 3 amide bonds. The van der Waals surface area contributed by atoms with E-state index in [0.717, 1.165) is 5.56 Å². The Labute approximate surface area is 164 Å². The van der Waals surface area contributed by atoms with Gasteiger partial charge in [-0.3, -0.25) is 9.78 Å². The third-order valence-electron chi connectivity index (χ3n) is 3.45. The molecular weight excluding hydrogens is 395 g/mol. The number of nitrogens with zero attached hydrogens (tertiary/aromatic N) is 1. The smallest absolute Gasteiger partial charge is 0.328 e. The van der Waals surface area contributed by atoms with Gasteiger partial charge in [-0.05, 0) is 5.56 Å². The predicted octanol–water partition coefficient (Wildman–Crippen LogP) is 2.07. The van der Waals surface area contributed by atoms with Crippen molar-refractivity contribution in [1.82, 2.24) is 20.9 Å². The first-order valence-electron chi connectivity index (χ1n) is 7.76. The van der Waals surface area contributed by atoms with Gasteiger partial charge >= 0.3 is 12.0 Å². The molecule has 1 aromatic carbocycles. The summed E-state index contributed by atoms with van der Waals surface area (Å²) in [5.74, 6) is -2.11. The summed E-state index contributed by atoms with van der Waals surface area (Å²) >= 11 is 11.8. The number of amides is 3. The van der Waals surface area contributed by atoms with Crippen molar-refractivity contribution in [2.45, 2.75) is 12.6 Å². The minimum atomic E-state index is -1.37. The fourth-order valence-corrected chi connectivity index (χ4v) is 2.63. The highest BCUT2D eigenvalue weighted by Crippen LogP contribution is 2.22. The highest BCUT2D eigenvalue weighted by atomic mass is 35.5. The lowest BCUT2D eigenvalue weighted by Crippen LogP contribution is -2.50. The lowest BCUT2D eigenvalue weighted by molar-refractivity contribution is -0.139. The molecule has 1 aromatic heterocycles. The molecule has 0 radical (unpaired) electrons. The van der Waals surface area contributed by atoms with Crippen molar-refractivity contribution in [3.8, 4) is 0 Å². The second-order valence-corrected chi connectivity index (χ2v) is 6.21. The van der Waals surface area contributed by atoms with Crippen LogP contribution in [0.5, 0.6) is 0 Å². The van der Waals surface area contributed by atoms with Gasteiger partial charge in [0.2, 0.25) is 0 Å². The summed E-state index contributed by atoms with van der Waals surface area (Å²) in [6.07, 6.45) is 2.43. The molecular formula is C17H16Cl2N4O4.